The number of hydrogen-bond donors (Lipinski definition) is 0. The summed E-state index contributed by atoms with van der Waals surface area (Å²) in [4.78, 5) is 29.7. The molecule has 5 nitrogen and oxygen atoms in total. The van der Waals surface area contributed by atoms with E-state index in [4.69, 9.17) is 20.8 Å². The third-order valence-corrected chi connectivity index (χ3v) is 6.76. The lowest BCUT2D eigenvalue weighted by Gasteiger charge is -2.27. The van der Waals surface area contributed by atoms with Crippen molar-refractivity contribution in [1.29, 1.82) is 0 Å². The maximum atomic E-state index is 13.5. The number of amides is 1. The molecule has 30 heavy (non-hydrogen) atoms. The Balaban J connectivity index is 1.69. The second-order valence-corrected chi connectivity index (χ2v) is 8.90. The molecule has 3 heterocycles. The van der Waals surface area contributed by atoms with Gasteiger partial charge in [-0.25, -0.2) is 0 Å². The number of rotatable bonds is 4. The number of thioether (sulfide) groups is 1. The minimum atomic E-state index is -0.507. The summed E-state index contributed by atoms with van der Waals surface area (Å²) in [5, 5.41) is 0.843. The van der Waals surface area contributed by atoms with Crippen LogP contribution in [0.25, 0.3) is 11.0 Å². The smallest absolute Gasteiger partial charge is 0.291 e. The minimum Gasteiger partial charge on any atom is -0.450 e. The fourth-order valence-corrected chi connectivity index (χ4v) is 4.90. The van der Waals surface area contributed by atoms with E-state index in [9.17, 15) is 9.59 Å². The molecule has 0 bridgehead atoms. The first-order valence-electron chi connectivity index (χ1n) is 9.89. The van der Waals surface area contributed by atoms with Crippen LogP contribution in [0.2, 0.25) is 5.02 Å². The molecule has 2 aromatic carbocycles. The number of ether oxygens (including phenoxy) is 1. The van der Waals surface area contributed by atoms with Crippen molar-refractivity contribution in [2.45, 2.75) is 29.9 Å². The predicted octanol–water partition coefficient (Wildman–Crippen LogP) is 4.89. The third kappa shape index (κ3) is 3.23. The van der Waals surface area contributed by atoms with E-state index in [1.807, 2.05) is 30.5 Å². The summed E-state index contributed by atoms with van der Waals surface area (Å²) >= 11 is 7.77. The number of benzene rings is 2. The van der Waals surface area contributed by atoms with Crippen molar-refractivity contribution in [3.63, 3.8) is 0 Å². The van der Waals surface area contributed by atoms with Crippen LogP contribution >= 0.6 is 23.4 Å². The Morgan fingerprint density at radius 2 is 1.97 bits per heavy atom. The van der Waals surface area contributed by atoms with Gasteiger partial charge in [-0.3, -0.25) is 9.59 Å². The summed E-state index contributed by atoms with van der Waals surface area (Å²) in [5.41, 5.74) is 1.42. The van der Waals surface area contributed by atoms with Crippen LogP contribution in [0.5, 0.6) is 0 Å². The molecule has 1 saturated heterocycles. The molecule has 7 heteroatoms. The molecular formula is C23H20ClNO4S. The van der Waals surface area contributed by atoms with Gasteiger partial charge in [0.1, 0.15) is 5.58 Å². The van der Waals surface area contributed by atoms with E-state index >= 15 is 0 Å². The Hall–Kier alpha value is -2.28. The molecule has 1 aromatic heterocycles. The molecule has 0 N–H and O–H groups in total. The van der Waals surface area contributed by atoms with Gasteiger partial charge in [0.2, 0.25) is 5.76 Å². The molecule has 0 saturated carbocycles. The molecule has 2 atom stereocenters. The number of nitrogens with zero attached hydrogens (tertiary/aromatic N) is 1. The van der Waals surface area contributed by atoms with E-state index in [1.54, 1.807) is 34.9 Å². The van der Waals surface area contributed by atoms with Gasteiger partial charge in [0.15, 0.2) is 5.43 Å². The van der Waals surface area contributed by atoms with Crippen LogP contribution in [0, 0.1) is 0 Å². The number of carbonyl (C=O) groups is 1. The zero-order valence-electron chi connectivity index (χ0n) is 16.4. The first-order valence-corrected chi connectivity index (χ1v) is 11.5. The van der Waals surface area contributed by atoms with Crippen molar-refractivity contribution >= 4 is 40.2 Å². The lowest BCUT2D eigenvalue weighted by Crippen LogP contribution is -2.36. The van der Waals surface area contributed by atoms with Crippen molar-refractivity contribution in [3.8, 4) is 0 Å². The van der Waals surface area contributed by atoms with Crippen molar-refractivity contribution < 1.29 is 13.9 Å². The van der Waals surface area contributed by atoms with Crippen molar-refractivity contribution in [1.82, 2.24) is 4.90 Å². The number of halogens is 1. The molecule has 0 unspecified atom stereocenters. The van der Waals surface area contributed by atoms with Crippen LogP contribution in [0.4, 0.5) is 0 Å². The quantitative estimate of drug-likeness (QED) is 0.539. The zero-order valence-corrected chi connectivity index (χ0v) is 18.0. The Bertz CT molecular complexity index is 1180. The summed E-state index contributed by atoms with van der Waals surface area (Å²) in [7, 11) is 0. The average molecular weight is 442 g/mol. The van der Waals surface area contributed by atoms with Crippen LogP contribution in [-0.2, 0) is 4.74 Å². The minimum absolute atomic E-state index is 0.0322. The second kappa shape index (κ2) is 7.76. The largest absolute Gasteiger partial charge is 0.450 e. The summed E-state index contributed by atoms with van der Waals surface area (Å²) in [5.74, 6) is -0.153. The molecule has 0 radical (unpaired) electrons. The molecule has 0 spiro atoms. The monoisotopic (exact) mass is 441 g/mol. The van der Waals surface area contributed by atoms with Gasteiger partial charge in [0, 0.05) is 23.1 Å². The van der Waals surface area contributed by atoms with Crippen molar-refractivity contribution in [2.75, 3.05) is 19.4 Å². The molecule has 2 aliphatic heterocycles. The van der Waals surface area contributed by atoms with Crippen molar-refractivity contribution in [3.05, 3.63) is 74.6 Å². The van der Waals surface area contributed by atoms with E-state index in [1.165, 1.54) is 0 Å². The van der Waals surface area contributed by atoms with Gasteiger partial charge in [-0.1, -0.05) is 23.7 Å². The zero-order chi connectivity index (χ0) is 20.8. The Kier molecular flexibility index (Phi) is 5.09. The second-order valence-electron chi connectivity index (χ2n) is 7.58. The standard InChI is InChI=1S/C23H20ClNO4S/c1-30-16-7-4-13(5-8-16)20-19-21(26)17-11-14(24)6-9-18(17)29-22(19)23(27)25(20)12-15-3-2-10-28-15/h4-9,11,15,20H,2-3,10,12H2,1H3/t15-,20+/m0/s1. The summed E-state index contributed by atoms with van der Waals surface area (Å²) in [6.45, 7) is 1.13. The highest BCUT2D eigenvalue weighted by atomic mass is 35.5. The van der Waals surface area contributed by atoms with E-state index in [2.05, 4.69) is 0 Å². The maximum Gasteiger partial charge on any atom is 0.291 e. The topological polar surface area (TPSA) is 59.8 Å². The fraction of sp³-hybridized carbons (Fsp3) is 0.304. The molecular weight excluding hydrogens is 422 g/mol. The van der Waals surface area contributed by atoms with Gasteiger partial charge < -0.3 is 14.1 Å². The fourth-order valence-electron chi connectivity index (χ4n) is 4.32. The van der Waals surface area contributed by atoms with Gasteiger partial charge in [-0.2, -0.15) is 0 Å². The highest BCUT2D eigenvalue weighted by Crippen LogP contribution is 2.39. The summed E-state index contributed by atoms with van der Waals surface area (Å²) in [6, 6.07) is 12.3. The molecule has 5 rings (SSSR count). The Morgan fingerprint density at radius 1 is 1.17 bits per heavy atom. The van der Waals surface area contributed by atoms with Gasteiger partial charge in [0.25, 0.3) is 5.91 Å². The molecule has 154 valence electrons. The third-order valence-electron chi connectivity index (χ3n) is 5.78. The van der Waals surface area contributed by atoms with Gasteiger partial charge >= 0.3 is 0 Å². The molecule has 0 aliphatic carbocycles. The first-order chi connectivity index (χ1) is 14.6. The van der Waals surface area contributed by atoms with Crippen LogP contribution in [-0.4, -0.2) is 36.3 Å². The Morgan fingerprint density at radius 3 is 2.67 bits per heavy atom. The van der Waals surface area contributed by atoms with Gasteiger partial charge in [0.05, 0.1) is 23.1 Å². The Labute approximate surface area is 183 Å². The number of fused-ring (bicyclic) bond motifs is 2. The van der Waals surface area contributed by atoms with Gasteiger partial charge in [-0.05, 0) is 55.0 Å². The molecule has 3 aromatic rings. The highest BCUT2D eigenvalue weighted by molar-refractivity contribution is 7.98. The highest BCUT2D eigenvalue weighted by Gasteiger charge is 2.43. The van der Waals surface area contributed by atoms with Crippen LogP contribution in [0.1, 0.15) is 40.6 Å². The van der Waals surface area contributed by atoms with Crippen LogP contribution in [0.3, 0.4) is 0 Å². The van der Waals surface area contributed by atoms with E-state index in [0.29, 0.717) is 34.7 Å². The average Bonchev–Trinajstić information content (AvgIpc) is 3.37. The molecule has 1 fully saturated rings. The predicted molar refractivity (Wildman–Crippen MR) is 118 cm³/mol. The lowest BCUT2D eigenvalue weighted by atomic mass is 9.98. The molecule has 1 amide bonds. The maximum absolute atomic E-state index is 13.5. The van der Waals surface area contributed by atoms with Crippen LogP contribution < -0.4 is 5.43 Å². The first kappa shape index (κ1) is 19.7. The number of carbonyl (C=O) groups excluding carboxylic acids is 1. The van der Waals surface area contributed by atoms with E-state index in [0.717, 1.165) is 23.3 Å². The van der Waals surface area contributed by atoms with E-state index < -0.39 is 6.04 Å². The SMILES string of the molecule is CSc1ccc([C@@H]2c3c(oc4ccc(Cl)cc4c3=O)C(=O)N2C[C@@H]2CCCO2)cc1. The molecule has 2 aliphatic rings. The normalized spacial score (nSPS) is 20.9. The van der Waals surface area contributed by atoms with Crippen molar-refractivity contribution in [2.24, 2.45) is 0 Å². The van der Waals surface area contributed by atoms with Crippen LogP contribution in [0.15, 0.2) is 56.6 Å². The number of hydrogen-bond acceptors (Lipinski definition) is 5. The summed E-state index contributed by atoms with van der Waals surface area (Å²) in [6.07, 6.45) is 3.86. The summed E-state index contributed by atoms with van der Waals surface area (Å²) < 4.78 is 11.7. The lowest BCUT2D eigenvalue weighted by molar-refractivity contribution is 0.0486. The van der Waals surface area contributed by atoms with Gasteiger partial charge in [-0.15, -0.1) is 11.8 Å². The van der Waals surface area contributed by atoms with E-state index in [-0.39, 0.29) is 23.2 Å².